The van der Waals surface area contributed by atoms with E-state index in [1.165, 1.54) is 0 Å². The van der Waals surface area contributed by atoms with E-state index < -0.39 is 0 Å². The molecule has 1 aromatic heterocycles. The number of hydrogen-bond acceptors (Lipinski definition) is 4. The molecule has 5 heteroatoms. The summed E-state index contributed by atoms with van der Waals surface area (Å²) < 4.78 is 10.7. The van der Waals surface area contributed by atoms with E-state index in [9.17, 15) is 0 Å². The maximum atomic E-state index is 6.30. The van der Waals surface area contributed by atoms with Crippen LogP contribution in [0.15, 0.2) is 102 Å². The second-order valence-corrected chi connectivity index (χ2v) is 8.44. The number of hydrogen-bond donors (Lipinski definition) is 0. The molecule has 0 bridgehead atoms. The van der Waals surface area contributed by atoms with E-state index in [-0.39, 0.29) is 0 Å². The van der Waals surface area contributed by atoms with E-state index in [4.69, 9.17) is 26.1 Å². The molecule has 1 heterocycles. The zero-order valence-electron chi connectivity index (χ0n) is 19.4. The first-order valence-corrected chi connectivity index (χ1v) is 11.5. The molecule has 0 spiro atoms. The predicted molar refractivity (Wildman–Crippen MR) is 144 cm³/mol. The van der Waals surface area contributed by atoms with Crippen molar-refractivity contribution in [2.75, 3.05) is 14.2 Å². The fourth-order valence-corrected chi connectivity index (χ4v) is 4.17. The van der Waals surface area contributed by atoms with E-state index in [0.717, 1.165) is 44.5 Å². The molecule has 172 valence electrons. The third-order valence-corrected chi connectivity index (χ3v) is 6.02. The van der Waals surface area contributed by atoms with Crippen molar-refractivity contribution in [3.05, 3.63) is 108 Å². The van der Waals surface area contributed by atoms with Crippen LogP contribution in [0.1, 0.15) is 5.56 Å². The summed E-state index contributed by atoms with van der Waals surface area (Å²) in [4.78, 5) is 9.52. The number of halogens is 1. The van der Waals surface area contributed by atoms with Crippen LogP contribution in [0.25, 0.3) is 33.3 Å². The van der Waals surface area contributed by atoms with Crippen LogP contribution in [0.3, 0.4) is 0 Å². The van der Waals surface area contributed by atoms with Crippen molar-refractivity contribution in [2.45, 2.75) is 0 Å². The molecule has 5 aromatic rings. The van der Waals surface area contributed by atoms with Gasteiger partial charge in [-0.25, -0.2) is 4.98 Å². The third kappa shape index (κ3) is 4.88. The Hall–Kier alpha value is -4.15. The van der Waals surface area contributed by atoms with Gasteiger partial charge >= 0.3 is 0 Å². The summed E-state index contributed by atoms with van der Waals surface area (Å²) in [6.07, 6.45) is 1.81. The van der Waals surface area contributed by atoms with Crippen molar-refractivity contribution in [1.82, 2.24) is 4.98 Å². The molecule has 0 fully saturated rings. The molecule has 5 rings (SSSR count). The van der Waals surface area contributed by atoms with E-state index in [1.54, 1.807) is 14.2 Å². The van der Waals surface area contributed by atoms with Crippen LogP contribution < -0.4 is 9.47 Å². The van der Waals surface area contributed by atoms with Crippen LogP contribution in [-0.4, -0.2) is 25.4 Å². The summed E-state index contributed by atoms with van der Waals surface area (Å²) in [5.41, 5.74) is 6.82. The average molecular weight is 479 g/mol. The molecule has 0 N–H and O–H groups in total. The summed E-state index contributed by atoms with van der Waals surface area (Å²) in [7, 11) is 3.24. The Balaban J connectivity index is 1.47. The minimum Gasteiger partial charge on any atom is -0.493 e. The highest BCUT2D eigenvalue weighted by Crippen LogP contribution is 2.34. The number of benzene rings is 4. The zero-order valence-corrected chi connectivity index (χ0v) is 20.2. The van der Waals surface area contributed by atoms with Crippen molar-refractivity contribution < 1.29 is 9.47 Å². The van der Waals surface area contributed by atoms with Crippen molar-refractivity contribution in [3.63, 3.8) is 0 Å². The molecule has 0 amide bonds. The van der Waals surface area contributed by atoms with Crippen LogP contribution in [0.4, 0.5) is 5.69 Å². The largest absolute Gasteiger partial charge is 0.493 e. The molecule has 0 aliphatic rings. The lowest BCUT2D eigenvalue weighted by Gasteiger charge is -2.11. The van der Waals surface area contributed by atoms with Gasteiger partial charge in [-0.05, 0) is 71.3 Å². The molecule has 4 aromatic carbocycles. The molecule has 35 heavy (non-hydrogen) atoms. The highest BCUT2D eigenvalue weighted by atomic mass is 35.5. The first-order chi connectivity index (χ1) is 17.1. The molecular weight excluding hydrogens is 456 g/mol. The van der Waals surface area contributed by atoms with Crippen molar-refractivity contribution in [3.8, 4) is 33.9 Å². The summed E-state index contributed by atoms with van der Waals surface area (Å²) in [5.74, 6) is 1.36. The van der Waals surface area contributed by atoms with Gasteiger partial charge in [-0.3, -0.25) is 4.99 Å². The van der Waals surface area contributed by atoms with E-state index in [0.29, 0.717) is 16.5 Å². The maximum absolute atomic E-state index is 6.30. The van der Waals surface area contributed by atoms with Gasteiger partial charge in [0.25, 0.3) is 0 Å². The van der Waals surface area contributed by atoms with E-state index >= 15 is 0 Å². The Bertz CT molecular complexity index is 1510. The lowest BCUT2D eigenvalue weighted by molar-refractivity contribution is 0.355. The molecule has 0 radical (unpaired) electrons. The molecule has 4 nitrogen and oxygen atoms in total. The summed E-state index contributed by atoms with van der Waals surface area (Å²) in [6, 6.07) is 32.0. The monoisotopic (exact) mass is 478 g/mol. The van der Waals surface area contributed by atoms with Gasteiger partial charge in [-0.1, -0.05) is 54.1 Å². The van der Waals surface area contributed by atoms with Crippen LogP contribution in [-0.2, 0) is 0 Å². The second kappa shape index (κ2) is 10.00. The number of nitrogens with zero attached hydrogens (tertiary/aromatic N) is 2. The van der Waals surface area contributed by atoms with Gasteiger partial charge in [-0.2, -0.15) is 0 Å². The molecule has 0 saturated carbocycles. The van der Waals surface area contributed by atoms with Crippen LogP contribution in [0.2, 0.25) is 5.02 Å². The number of aliphatic imine (C=N–C) groups is 1. The van der Waals surface area contributed by atoms with Gasteiger partial charge in [0.15, 0.2) is 11.5 Å². The number of rotatable bonds is 6. The van der Waals surface area contributed by atoms with Gasteiger partial charge < -0.3 is 9.47 Å². The second-order valence-electron chi connectivity index (χ2n) is 8.00. The molecule has 0 atom stereocenters. The maximum Gasteiger partial charge on any atom is 0.161 e. The Morgan fingerprint density at radius 2 is 1.51 bits per heavy atom. The van der Waals surface area contributed by atoms with Crippen LogP contribution in [0, 0.1) is 0 Å². The number of fused-ring (bicyclic) bond motifs is 1. The zero-order chi connectivity index (χ0) is 24.2. The van der Waals surface area contributed by atoms with Gasteiger partial charge in [0.2, 0.25) is 0 Å². The summed E-state index contributed by atoms with van der Waals surface area (Å²) in [6.45, 7) is 0. The number of methoxy groups -OCH3 is 2. The minimum atomic E-state index is 0.671. The van der Waals surface area contributed by atoms with Crippen molar-refractivity contribution in [1.29, 1.82) is 0 Å². The van der Waals surface area contributed by atoms with Gasteiger partial charge in [0.1, 0.15) is 0 Å². The van der Waals surface area contributed by atoms with Crippen LogP contribution >= 0.6 is 11.6 Å². The van der Waals surface area contributed by atoms with Crippen molar-refractivity contribution in [2.24, 2.45) is 4.99 Å². The highest BCUT2D eigenvalue weighted by Gasteiger charge is 2.10. The molecule has 0 aliphatic carbocycles. The number of aromatic nitrogens is 1. The minimum absolute atomic E-state index is 0.671. The van der Waals surface area contributed by atoms with Crippen LogP contribution in [0.5, 0.6) is 11.5 Å². The van der Waals surface area contributed by atoms with E-state index in [2.05, 4.69) is 23.2 Å². The fourth-order valence-electron chi connectivity index (χ4n) is 4.00. The number of ether oxygens (including phenoxy) is 2. The molecule has 0 unspecified atom stereocenters. The van der Waals surface area contributed by atoms with Gasteiger partial charge in [-0.15, -0.1) is 0 Å². The SMILES string of the molecule is COc1ccc(C=Nc2ccc(-c3cc(-c4ccccc4)c4cc(Cl)ccc4n3)cc2)cc1OC. The highest BCUT2D eigenvalue weighted by molar-refractivity contribution is 6.31. The summed E-state index contributed by atoms with van der Waals surface area (Å²) in [5, 5.41) is 1.73. The lowest BCUT2D eigenvalue weighted by Crippen LogP contribution is -1.92. The Morgan fingerprint density at radius 1 is 0.743 bits per heavy atom. The standard InChI is InChI=1S/C30H23ClN2O2/c1-34-29-15-8-20(16-30(29)35-2)19-32-24-12-9-22(10-13-24)28-18-25(21-6-4-3-5-7-21)26-17-23(31)11-14-27(26)33-28/h3-19H,1-2H3. The topological polar surface area (TPSA) is 43.7 Å². The first-order valence-electron chi connectivity index (χ1n) is 11.2. The fraction of sp³-hybridized carbons (Fsp3) is 0.0667. The molecule has 0 saturated heterocycles. The molecule has 0 aliphatic heterocycles. The average Bonchev–Trinajstić information content (AvgIpc) is 2.92. The first kappa shape index (κ1) is 22.6. The smallest absolute Gasteiger partial charge is 0.161 e. The molecular formula is C30H23ClN2O2. The van der Waals surface area contributed by atoms with Gasteiger partial charge in [0, 0.05) is 22.2 Å². The summed E-state index contributed by atoms with van der Waals surface area (Å²) >= 11 is 6.30. The lowest BCUT2D eigenvalue weighted by atomic mass is 9.98. The Morgan fingerprint density at radius 3 is 2.26 bits per heavy atom. The van der Waals surface area contributed by atoms with E-state index in [1.807, 2.05) is 85.1 Å². The third-order valence-electron chi connectivity index (χ3n) is 5.79. The quantitative estimate of drug-likeness (QED) is 0.232. The van der Waals surface area contributed by atoms with Gasteiger partial charge in [0.05, 0.1) is 31.1 Å². The predicted octanol–water partition coefficient (Wildman–Crippen LogP) is 7.99. The Labute approximate surface area is 209 Å². The Kier molecular flexibility index (Phi) is 6.47. The normalized spacial score (nSPS) is 11.2. The van der Waals surface area contributed by atoms with Crippen molar-refractivity contribution >= 4 is 34.4 Å². The number of pyridine rings is 1.